The summed E-state index contributed by atoms with van der Waals surface area (Å²) in [4.78, 5) is 11.3. The van der Waals surface area contributed by atoms with E-state index >= 15 is 0 Å². The molecule has 0 unspecified atom stereocenters. The Labute approximate surface area is 413 Å². The SMILES string of the molecule is [2H]c1c([2H])c([2H])c2c(c1[2H])c1ccccc1n2-c1cc(-n2c3ccccc3c3c([2H])c([2H])c([2H])c([2H])c32)nc(-c2c(-c3ccccc3-n3c4ccccc4c4ccccc43)cccc2-n2c3ccccc3c3ccccc32)n1. The molecule has 5 heterocycles. The van der Waals surface area contributed by atoms with E-state index in [1.807, 2.05) is 84.9 Å². The molecule has 0 N–H and O–H groups in total. The standard InChI is InChI=1S/C64H40N6/c1-10-30-51-41(20-1)42-21-2-11-31-52(42)67(51)55-34-14-9-28-49(55)50-29-19-39-60(68-53-32-12-3-22-43(53)44-23-4-13-33-54(44)68)63(50)64-65-61(69-56-35-15-5-24-45(56)46-25-6-16-36-57(46)69)40-62(66-64)70-58-37-17-7-26-47(58)48-27-8-18-38-59(48)70/h1-40H/i5D,7D,15D,17D,24D,26D,35D,37D. The molecule has 326 valence electrons. The Hall–Kier alpha value is -9.52. The first-order valence-electron chi connectivity index (χ1n) is 27.2. The van der Waals surface area contributed by atoms with Gasteiger partial charge in [0.1, 0.15) is 11.6 Å². The van der Waals surface area contributed by atoms with Crippen LogP contribution in [-0.4, -0.2) is 28.2 Å². The van der Waals surface area contributed by atoms with Gasteiger partial charge in [-0.25, -0.2) is 9.97 Å². The highest BCUT2D eigenvalue weighted by Crippen LogP contribution is 2.45. The van der Waals surface area contributed by atoms with E-state index in [0.717, 1.165) is 66.1 Å². The van der Waals surface area contributed by atoms with Crippen LogP contribution in [0.1, 0.15) is 11.0 Å². The number of hydrogen-bond acceptors (Lipinski definition) is 2. The topological polar surface area (TPSA) is 45.5 Å². The van der Waals surface area contributed by atoms with E-state index in [-0.39, 0.29) is 64.7 Å². The lowest BCUT2D eigenvalue weighted by atomic mass is 9.95. The third-order valence-electron chi connectivity index (χ3n) is 13.9. The van der Waals surface area contributed by atoms with Gasteiger partial charge in [0.25, 0.3) is 0 Å². The number of fused-ring (bicyclic) bond motifs is 12. The molecule has 0 atom stereocenters. The summed E-state index contributed by atoms with van der Waals surface area (Å²) >= 11 is 0. The molecule has 70 heavy (non-hydrogen) atoms. The summed E-state index contributed by atoms with van der Waals surface area (Å²) in [5.41, 5.74) is 9.46. The molecule has 0 spiro atoms. The monoisotopic (exact) mass is 900 g/mol. The summed E-state index contributed by atoms with van der Waals surface area (Å²) in [6.45, 7) is 0. The summed E-state index contributed by atoms with van der Waals surface area (Å²) in [6.07, 6.45) is 0. The maximum Gasteiger partial charge on any atom is 0.166 e. The van der Waals surface area contributed by atoms with Crippen molar-refractivity contribution < 1.29 is 11.0 Å². The molecule has 0 saturated carbocycles. The van der Waals surface area contributed by atoms with E-state index in [9.17, 15) is 5.48 Å². The van der Waals surface area contributed by atoms with Crippen molar-refractivity contribution in [3.63, 3.8) is 0 Å². The quantitative estimate of drug-likeness (QED) is 0.167. The van der Waals surface area contributed by atoms with Gasteiger partial charge in [-0.2, -0.15) is 0 Å². The van der Waals surface area contributed by atoms with Crippen LogP contribution in [0.15, 0.2) is 242 Å². The highest BCUT2D eigenvalue weighted by atomic mass is 15.2. The van der Waals surface area contributed by atoms with Gasteiger partial charge in [-0.1, -0.05) is 176 Å². The molecule has 6 nitrogen and oxygen atoms in total. The lowest BCUT2D eigenvalue weighted by Crippen LogP contribution is -2.09. The Balaban J connectivity index is 1.15. The molecule has 0 amide bonds. The average Bonchev–Trinajstić information content (AvgIpc) is 4.39. The highest BCUT2D eigenvalue weighted by molar-refractivity contribution is 6.13. The van der Waals surface area contributed by atoms with Crippen molar-refractivity contribution >= 4 is 87.2 Å². The maximum absolute atomic E-state index is 9.56. The van der Waals surface area contributed by atoms with Crippen LogP contribution in [-0.2, 0) is 0 Å². The predicted octanol–water partition coefficient (Wildman–Crippen LogP) is 16.2. The van der Waals surface area contributed by atoms with E-state index in [0.29, 0.717) is 38.1 Å². The summed E-state index contributed by atoms with van der Waals surface area (Å²) in [7, 11) is 0. The van der Waals surface area contributed by atoms with Crippen LogP contribution in [0.4, 0.5) is 0 Å². The van der Waals surface area contributed by atoms with E-state index < -0.39 is 12.1 Å². The van der Waals surface area contributed by atoms with Crippen molar-refractivity contribution in [2.24, 2.45) is 0 Å². The number of benzene rings is 10. The number of para-hydroxylation sites is 9. The Morgan fingerprint density at radius 3 is 1.10 bits per heavy atom. The minimum absolute atomic E-state index is 0.186. The Morgan fingerprint density at radius 1 is 0.286 bits per heavy atom. The molecular weight excluding hydrogens is 853 g/mol. The summed E-state index contributed by atoms with van der Waals surface area (Å²) < 4.78 is 81.5. The van der Waals surface area contributed by atoms with Crippen LogP contribution >= 0.6 is 0 Å². The van der Waals surface area contributed by atoms with Gasteiger partial charge in [0.15, 0.2) is 5.82 Å². The normalized spacial score (nSPS) is 13.6. The summed E-state index contributed by atoms with van der Waals surface area (Å²) in [5.74, 6) is 0.763. The lowest BCUT2D eigenvalue weighted by Gasteiger charge is -2.21. The van der Waals surface area contributed by atoms with Crippen LogP contribution in [0.3, 0.4) is 0 Å². The molecule has 0 aliphatic carbocycles. The summed E-state index contributed by atoms with van der Waals surface area (Å²) in [5, 5.41) is 6.16. The molecule has 6 heteroatoms. The second-order valence-corrected chi connectivity index (χ2v) is 17.5. The van der Waals surface area contributed by atoms with Gasteiger partial charge in [0.2, 0.25) is 0 Å². The first kappa shape index (κ1) is 31.5. The zero-order chi connectivity index (χ0) is 52.8. The fourth-order valence-electron chi connectivity index (χ4n) is 11.0. The average molecular weight is 901 g/mol. The van der Waals surface area contributed by atoms with E-state index in [2.05, 4.69) is 112 Å². The molecule has 10 aromatic carbocycles. The van der Waals surface area contributed by atoms with Gasteiger partial charge >= 0.3 is 0 Å². The fraction of sp³-hybridized carbons (Fsp3) is 0. The minimum atomic E-state index is -0.398. The van der Waals surface area contributed by atoms with Crippen LogP contribution in [0.5, 0.6) is 0 Å². The lowest BCUT2D eigenvalue weighted by molar-refractivity contribution is 0.991. The number of hydrogen-bond donors (Lipinski definition) is 0. The van der Waals surface area contributed by atoms with Crippen LogP contribution in [0.25, 0.3) is 133 Å². The Bertz CT molecular complexity index is 4840. The largest absolute Gasteiger partial charge is 0.309 e. The maximum atomic E-state index is 9.56. The highest BCUT2D eigenvalue weighted by Gasteiger charge is 2.26. The van der Waals surface area contributed by atoms with Crippen molar-refractivity contribution in [2.45, 2.75) is 0 Å². The number of nitrogens with zero attached hydrogens (tertiary/aromatic N) is 6. The molecule has 5 aromatic heterocycles. The molecule has 15 rings (SSSR count). The van der Waals surface area contributed by atoms with Gasteiger partial charge in [-0.15, -0.1) is 0 Å². The second kappa shape index (κ2) is 15.0. The molecule has 0 aliphatic heterocycles. The van der Waals surface area contributed by atoms with Crippen molar-refractivity contribution in [3.05, 3.63) is 242 Å². The second-order valence-electron chi connectivity index (χ2n) is 17.5. The van der Waals surface area contributed by atoms with Gasteiger partial charge < -0.3 is 9.13 Å². The molecule has 0 aliphatic rings. The van der Waals surface area contributed by atoms with Gasteiger partial charge in [-0.05, 0) is 66.2 Å². The molecule has 0 bridgehead atoms. The zero-order valence-electron chi connectivity index (χ0n) is 45.2. The predicted molar refractivity (Wildman–Crippen MR) is 290 cm³/mol. The van der Waals surface area contributed by atoms with Crippen molar-refractivity contribution in [2.75, 3.05) is 0 Å². The Kier molecular flexibility index (Phi) is 6.74. The van der Waals surface area contributed by atoms with E-state index in [1.165, 1.54) is 0 Å². The zero-order valence-corrected chi connectivity index (χ0v) is 37.2. The first-order valence-corrected chi connectivity index (χ1v) is 23.2. The molecule has 0 fully saturated rings. The Morgan fingerprint density at radius 2 is 0.629 bits per heavy atom. The van der Waals surface area contributed by atoms with E-state index in [4.69, 9.17) is 15.5 Å². The summed E-state index contributed by atoms with van der Waals surface area (Å²) in [6, 6.07) is 62.2. The number of aromatic nitrogens is 6. The fourth-order valence-corrected chi connectivity index (χ4v) is 11.0. The minimum Gasteiger partial charge on any atom is -0.309 e. The van der Waals surface area contributed by atoms with Crippen LogP contribution < -0.4 is 0 Å². The van der Waals surface area contributed by atoms with Crippen molar-refractivity contribution in [1.82, 2.24) is 28.2 Å². The first-order chi connectivity index (χ1) is 38.1. The molecule has 0 radical (unpaired) electrons. The smallest absolute Gasteiger partial charge is 0.166 e. The molecule has 0 saturated heterocycles. The van der Waals surface area contributed by atoms with Gasteiger partial charge in [-0.3, -0.25) is 9.13 Å². The third kappa shape index (κ3) is 5.50. The molecular formula is C64H40N6. The number of rotatable bonds is 6. The van der Waals surface area contributed by atoms with E-state index in [1.54, 1.807) is 15.2 Å². The van der Waals surface area contributed by atoms with Crippen molar-refractivity contribution in [1.29, 1.82) is 0 Å². The molecule has 15 aromatic rings. The van der Waals surface area contributed by atoms with Gasteiger partial charge in [0.05, 0.1) is 72.0 Å². The van der Waals surface area contributed by atoms with Crippen LogP contribution in [0, 0.1) is 0 Å². The third-order valence-corrected chi connectivity index (χ3v) is 13.9. The van der Waals surface area contributed by atoms with Crippen molar-refractivity contribution in [3.8, 4) is 45.5 Å². The van der Waals surface area contributed by atoms with Gasteiger partial charge in [0, 0.05) is 54.7 Å². The van der Waals surface area contributed by atoms with Crippen LogP contribution in [0.2, 0.25) is 0 Å².